The molecule has 0 saturated carbocycles. The molecule has 10 heteroatoms. The van der Waals surface area contributed by atoms with Gasteiger partial charge in [0.25, 0.3) is 11.8 Å². The van der Waals surface area contributed by atoms with E-state index in [1.807, 2.05) is 0 Å². The molecule has 0 spiro atoms. The normalized spacial score (nSPS) is 16.4. The molecule has 0 radical (unpaired) electrons. The monoisotopic (exact) mass is 413 g/mol. The SMILES string of the molecule is CC(Oc1ccc(F)cc1)C(=O)NNC(=O)C1=NN(c2ccccc2)C(C(N)=O)C1. The van der Waals surface area contributed by atoms with Gasteiger partial charge in [-0.3, -0.25) is 30.2 Å². The number of amides is 3. The van der Waals surface area contributed by atoms with Crippen LogP contribution in [-0.4, -0.2) is 35.6 Å². The molecule has 4 N–H and O–H groups in total. The number of primary amides is 1. The van der Waals surface area contributed by atoms with Crippen LogP contribution in [0.4, 0.5) is 10.1 Å². The molecule has 0 fully saturated rings. The van der Waals surface area contributed by atoms with Gasteiger partial charge in [0.1, 0.15) is 23.3 Å². The molecule has 1 aliphatic rings. The van der Waals surface area contributed by atoms with Crippen molar-refractivity contribution in [3.63, 3.8) is 0 Å². The second-order valence-corrected chi connectivity index (χ2v) is 6.51. The van der Waals surface area contributed by atoms with Crippen LogP contribution < -0.4 is 26.3 Å². The average Bonchev–Trinajstić information content (AvgIpc) is 3.20. The summed E-state index contributed by atoms with van der Waals surface area (Å²) in [5, 5.41) is 5.55. The maximum Gasteiger partial charge on any atom is 0.285 e. The number of para-hydroxylation sites is 1. The van der Waals surface area contributed by atoms with Crippen molar-refractivity contribution in [1.29, 1.82) is 0 Å². The lowest BCUT2D eigenvalue weighted by Crippen LogP contribution is -2.49. The third-order valence-corrected chi connectivity index (χ3v) is 4.32. The largest absolute Gasteiger partial charge is 0.481 e. The number of carbonyl (C=O) groups excluding carboxylic acids is 3. The van der Waals surface area contributed by atoms with E-state index >= 15 is 0 Å². The smallest absolute Gasteiger partial charge is 0.285 e. The second-order valence-electron chi connectivity index (χ2n) is 6.51. The number of nitrogens with zero attached hydrogens (tertiary/aromatic N) is 2. The molecule has 2 unspecified atom stereocenters. The highest BCUT2D eigenvalue weighted by Crippen LogP contribution is 2.24. The third kappa shape index (κ3) is 4.90. The number of hydrazine groups is 1. The van der Waals surface area contributed by atoms with Crippen LogP contribution in [0.1, 0.15) is 13.3 Å². The molecule has 2 aromatic carbocycles. The molecule has 1 heterocycles. The fourth-order valence-electron chi connectivity index (χ4n) is 2.75. The number of anilines is 1. The van der Waals surface area contributed by atoms with Crippen LogP contribution in [0, 0.1) is 5.82 Å². The molecule has 156 valence electrons. The van der Waals surface area contributed by atoms with Crippen LogP contribution >= 0.6 is 0 Å². The summed E-state index contributed by atoms with van der Waals surface area (Å²) in [4.78, 5) is 36.3. The Balaban J connectivity index is 1.59. The number of hydrogen-bond donors (Lipinski definition) is 3. The van der Waals surface area contributed by atoms with Gasteiger partial charge in [0.2, 0.25) is 5.91 Å². The van der Waals surface area contributed by atoms with Gasteiger partial charge in [-0.15, -0.1) is 0 Å². The first-order chi connectivity index (χ1) is 14.3. The molecule has 0 bridgehead atoms. The topological polar surface area (TPSA) is 126 Å². The molecule has 3 amide bonds. The summed E-state index contributed by atoms with van der Waals surface area (Å²) >= 11 is 0. The number of rotatable bonds is 6. The fraction of sp³-hybridized carbons (Fsp3) is 0.200. The highest BCUT2D eigenvalue weighted by Gasteiger charge is 2.35. The minimum Gasteiger partial charge on any atom is -0.481 e. The van der Waals surface area contributed by atoms with Crippen molar-refractivity contribution in [1.82, 2.24) is 10.9 Å². The summed E-state index contributed by atoms with van der Waals surface area (Å²) < 4.78 is 18.3. The standard InChI is InChI=1S/C20H20FN5O4/c1-12(30-15-9-7-13(21)8-10-15)19(28)23-24-20(29)16-11-17(18(22)27)26(25-16)14-5-3-2-4-6-14/h2-10,12,17H,11H2,1H3,(H2,22,27)(H,23,28)(H,24,29). The molecule has 3 rings (SSSR count). The number of ether oxygens (including phenoxy) is 1. The summed E-state index contributed by atoms with van der Waals surface area (Å²) in [6, 6.07) is 13.2. The van der Waals surface area contributed by atoms with Crippen molar-refractivity contribution in [2.75, 3.05) is 5.01 Å². The highest BCUT2D eigenvalue weighted by atomic mass is 19.1. The predicted molar refractivity (Wildman–Crippen MR) is 107 cm³/mol. The van der Waals surface area contributed by atoms with Crippen molar-refractivity contribution < 1.29 is 23.5 Å². The van der Waals surface area contributed by atoms with Gasteiger partial charge in [0.05, 0.1) is 5.69 Å². The van der Waals surface area contributed by atoms with Gasteiger partial charge in [0, 0.05) is 6.42 Å². The number of hydrazone groups is 1. The Morgan fingerprint density at radius 2 is 1.80 bits per heavy atom. The van der Waals surface area contributed by atoms with Gasteiger partial charge in [0.15, 0.2) is 6.10 Å². The van der Waals surface area contributed by atoms with Crippen molar-refractivity contribution in [3.05, 3.63) is 60.4 Å². The third-order valence-electron chi connectivity index (χ3n) is 4.32. The maximum absolute atomic E-state index is 12.9. The van der Waals surface area contributed by atoms with Gasteiger partial charge in [-0.05, 0) is 43.3 Å². The minimum atomic E-state index is -0.958. The molecule has 0 saturated heterocycles. The Bertz CT molecular complexity index is 965. The lowest BCUT2D eigenvalue weighted by molar-refractivity contribution is -0.131. The Labute approximate surface area is 171 Å². The van der Waals surface area contributed by atoms with E-state index in [0.717, 1.165) is 0 Å². The van der Waals surface area contributed by atoms with Crippen molar-refractivity contribution >= 4 is 29.1 Å². The first-order valence-electron chi connectivity index (χ1n) is 9.08. The van der Waals surface area contributed by atoms with E-state index in [1.165, 1.54) is 36.2 Å². The van der Waals surface area contributed by atoms with E-state index in [2.05, 4.69) is 16.0 Å². The minimum absolute atomic E-state index is 0.00638. The Kier molecular flexibility index (Phi) is 6.26. The number of benzene rings is 2. The molecule has 2 atom stereocenters. The van der Waals surface area contributed by atoms with Crippen molar-refractivity contribution in [2.24, 2.45) is 10.8 Å². The van der Waals surface area contributed by atoms with Gasteiger partial charge in [-0.2, -0.15) is 5.10 Å². The number of nitrogens with two attached hydrogens (primary N) is 1. The lowest BCUT2D eigenvalue weighted by atomic mass is 10.1. The Morgan fingerprint density at radius 1 is 1.13 bits per heavy atom. The first kappa shape index (κ1) is 20.8. The molecule has 1 aliphatic heterocycles. The first-order valence-corrected chi connectivity index (χ1v) is 9.08. The van der Waals surface area contributed by atoms with E-state index in [0.29, 0.717) is 11.4 Å². The van der Waals surface area contributed by atoms with Crippen molar-refractivity contribution in [2.45, 2.75) is 25.5 Å². The summed E-state index contributed by atoms with van der Waals surface area (Å²) in [5.41, 5.74) is 10.6. The summed E-state index contributed by atoms with van der Waals surface area (Å²) in [6.07, 6.45) is -0.964. The highest BCUT2D eigenvalue weighted by molar-refractivity contribution is 6.40. The molecule has 0 aromatic heterocycles. The Morgan fingerprint density at radius 3 is 2.43 bits per heavy atom. The number of halogens is 1. The lowest BCUT2D eigenvalue weighted by Gasteiger charge is -2.20. The van der Waals surface area contributed by atoms with E-state index in [4.69, 9.17) is 10.5 Å². The van der Waals surface area contributed by atoms with E-state index in [-0.39, 0.29) is 12.1 Å². The summed E-state index contributed by atoms with van der Waals surface area (Å²) in [5.74, 6) is -2.06. The second kappa shape index (κ2) is 9.03. The quantitative estimate of drug-likeness (QED) is 0.606. The molecular weight excluding hydrogens is 393 g/mol. The van der Waals surface area contributed by atoms with Gasteiger partial charge >= 0.3 is 0 Å². The molecule has 2 aromatic rings. The average molecular weight is 413 g/mol. The maximum atomic E-state index is 12.9. The number of carbonyl (C=O) groups is 3. The molecular formula is C20H20FN5O4. The van der Waals surface area contributed by atoms with Crippen LogP contribution in [0.3, 0.4) is 0 Å². The van der Waals surface area contributed by atoms with E-state index < -0.39 is 35.7 Å². The Hall–Kier alpha value is -3.95. The predicted octanol–water partition coefficient (Wildman–Crippen LogP) is 0.861. The number of hydrogen-bond acceptors (Lipinski definition) is 6. The summed E-state index contributed by atoms with van der Waals surface area (Å²) in [7, 11) is 0. The van der Waals surface area contributed by atoms with E-state index in [1.54, 1.807) is 30.3 Å². The zero-order valence-electron chi connectivity index (χ0n) is 16.0. The van der Waals surface area contributed by atoms with E-state index in [9.17, 15) is 18.8 Å². The van der Waals surface area contributed by atoms with Crippen LogP contribution in [-0.2, 0) is 14.4 Å². The van der Waals surface area contributed by atoms with Crippen LogP contribution in [0.2, 0.25) is 0 Å². The van der Waals surface area contributed by atoms with Crippen LogP contribution in [0.25, 0.3) is 0 Å². The zero-order valence-corrected chi connectivity index (χ0v) is 16.0. The van der Waals surface area contributed by atoms with Crippen LogP contribution in [0.15, 0.2) is 59.7 Å². The van der Waals surface area contributed by atoms with Crippen LogP contribution in [0.5, 0.6) is 5.75 Å². The fourth-order valence-corrected chi connectivity index (χ4v) is 2.75. The molecule has 0 aliphatic carbocycles. The summed E-state index contributed by atoms with van der Waals surface area (Å²) in [6.45, 7) is 1.47. The van der Waals surface area contributed by atoms with Crippen molar-refractivity contribution in [3.8, 4) is 5.75 Å². The van der Waals surface area contributed by atoms with Gasteiger partial charge in [-0.1, -0.05) is 18.2 Å². The number of nitrogens with one attached hydrogen (secondary N) is 2. The zero-order chi connectivity index (χ0) is 21.7. The molecule has 30 heavy (non-hydrogen) atoms. The molecule has 9 nitrogen and oxygen atoms in total. The van der Waals surface area contributed by atoms with Gasteiger partial charge in [-0.25, -0.2) is 4.39 Å². The van der Waals surface area contributed by atoms with Gasteiger partial charge < -0.3 is 10.5 Å².